The molecule has 0 aliphatic rings. The highest BCUT2D eigenvalue weighted by molar-refractivity contribution is 7.92. The van der Waals surface area contributed by atoms with E-state index >= 15 is 0 Å². The minimum absolute atomic E-state index is 0.0829. The van der Waals surface area contributed by atoms with E-state index in [2.05, 4.69) is 4.72 Å². The summed E-state index contributed by atoms with van der Waals surface area (Å²) in [4.78, 5) is 12.2. The third kappa shape index (κ3) is 3.98. The van der Waals surface area contributed by atoms with E-state index in [9.17, 15) is 13.2 Å². The summed E-state index contributed by atoms with van der Waals surface area (Å²) in [7, 11) is -3.59. The van der Waals surface area contributed by atoms with Gasteiger partial charge in [-0.2, -0.15) is 0 Å². The van der Waals surface area contributed by atoms with Gasteiger partial charge in [-0.3, -0.25) is 9.52 Å². The maximum Gasteiger partial charge on any atom is 0.229 e. The molecule has 0 saturated heterocycles. The number of sulfonamides is 1. The van der Waals surface area contributed by atoms with Crippen LogP contribution in [0.1, 0.15) is 5.76 Å². The van der Waals surface area contributed by atoms with Gasteiger partial charge in [-0.1, -0.05) is 18.2 Å². The second-order valence-corrected chi connectivity index (χ2v) is 7.12. The van der Waals surface area contributed by atoms with E-state index in [0.29, 0.717) is 5.75 Å². The number of para-hydroxylation sites is 1. The van der Waals surface area contributed by atoms with Gasteiger partial charge in [0.15, 0.2) is 11.2 Å². The van der Waals surface area contributed by atoms with Crippen molar-refractivity contribution in [1.29, 1.82) is 0 Å². The molecule has 0 fully saturated rings. The molecule has 0 radical (unpaired) electrons. The van der Waals surface area contributed by atoms with E-state index in [1.54, 1.807) is 24.3 Å². The SMILES string of the molecule is CS(=O)(=O)Nc1cc2oc(CO)cc(=O)c2cc1Oc1ccccc1. The molecule has 0 amide bonds. The van der Waals surface area contributed by atoms with E-state index in [-0.39, 0.29) is 33.6 Å². The fourth-order valence-electron chi connectivity index (χ4n) is 2.29. The van der Waals surface area contributed by atoms with Gasteiger partial charge in [-0.15, -0.1) is 0 Å². The number of hydrogen-bond donors (Lipinski definition) is 2. The van der Waals surface area contributed by atoms with Crippen LogP contribution in [0.5, 0.6) is 11.5 Å². The molecule has 0 saturated carbocycles. The van der Waals surface area contributed by atoms with Gasteiger partial charge >= 0.3 is 0 Å². The molecule has 3 aromatic rings. The van der Waals surface area contributed by atoms with Gasteiger partial charge in [-0.05, 0) is 18.2 Å². The lowest BCUT2D eigenvalue weighted by molar-refractivity contribution is 0.249. The first-order valence-electron chi connectivity index (χ1n) is 7.28. The summed E-state index contributed by atoms with van der Waals surface area (Å²) in [6.45, 7) is -0.442. The fraction of sp³-hybridized carbons (Fsp3) is 0.118. The van der Waals surface area contributed by atoms with Gasteiger partial charge in [0.05, 0.1) is 17.3 Å². The van der Waals surface area contributed by atoms with Gasteiger partial charge in [0.25, 0.3) is 0 Å². The maximum atomic E-state index is 12.2. The third-order valence-electron chi connectivity index (χ3n) is 3.30. The van der Waals surface area contributed by atoms with Crippen molar-refractivity contribution >= 4 is 26.7 Å². The van der Waals surface area contributed by atoms with Crippen LogP contribution in [-0.4, -0.2) is 19.8 Å². The number of ether oxygens (including phenoxy) is 1. The second-order valence-electron chi connectivity index (χ2n) is 5.37. The molecular formula is C17H15NO6S. The average Bonchev–Trinajstić information content (AvgIpc) is 2.55. The van der Waals surface area contributed by atoms with Crippen molar-refractivity contribution in [1.82, 2.24) is 0 Å². The number of nitrogens with one attached hydrogen (secondary N) is 1. The molecule has 1 aromatic heterocycles. The highest BCUT2D eigenvalue weighted by Gasteiger charge is 2.15. The summed E-state index contributed by atoms with van der Waals surface area (Å²) in [5.74, 6) is 0.725. The normalized spacial score (nSPS) is 11.4. The van der Waals surface area contributed by atoms with Crippen LogP contribution in [-0.2, 0) is 16.6 Å². The maximum absolute atomic E-state index is 12.2. The Bertz CT molecular complexity index is 1070. The van der Waals surface area contributed by atoms with Crippen molar-refractivity contribution in [3.63, 3.8) is 0 Å². The van der Waals surface area contributed by atoms with E-state index in [1.165, 1.54) is 18.2 Å². The molecule has 25 heavy (non-hydrogen) atoms. The molecule has 2 N–H and O–H groups in total. The number of fused-ring (bicyclic) bond motifs is 1. The Kier molecular flexibility index (Phi) is 4.47. The molecular weight excluding hydrogens is 346 g/mol. The molecule has 7 nitrogen and oxygen atoms in total. The molecule has 2 aromatic carbocycles. The fourth-order valence-corrected chi connectivity index (χ4v) is 2.85. The molecule has 0 unspecified atom stereocenters. The Labute approximate surface area is 143 Å². The van der Waals surface area contributed by atoms with E-state index < -0.39 is 16.6 Å². The summed E-state index contributed by atoms with van der Waals surface area (Å²) >= 11 is 0. The zero-order chi connectivity index (χ0) is 18.0. The van der Waals surface area contributed by atoms with Crippen molar-refractivity contribution in [2.24, 2.45) is 0 Å². The number of aliphatic hydroxyl groups is 1. The van der Waals surface area contributed by atoms with Gasteiger partial charge < -0.3 is 14.3 Å². The van der Waals surface area contributed by atoms with Gasteiger partial charge in [-0.25, -0.2) is 8.42 Å². The smallest absolute Gasteiger partial charge is 0.229 e. The van der Waals surface area contributed by atoms with E-state index in [4.69, 9.17) is 14.3 Å². The largest absolute Gasteiger partial charge is 0.458 e. The third-order valence-corrected chi connectivity index (χ3v) is 3.89. The van der Waals surface area contributed by atoms with Crippen molar-refractivity contribution in [2.75, 3.05) is 11.0 Å². The zero-order valence-corrected chi connectivity index (χ0v) is 14.0. The Balaban J connectivity index is 2.19. The summed E-state index contributed by atoms with van der Waals surface area (Å²) in [6.07, 6.45) is 1.00. The van der Waals surface area contributed by atoms with Crippen LogP contribution in [0.25, 0.3) is 11.0 Å². The summed E-state index contributed by atoms with van der Waals surface area (Å²) in [5.41, 5.74) is -0.102. The molecule has 130 valence electrons. The van der Waals surface area contributed by atoms with Crippen LogP contribution in [0.4, 0.5) is 5.69 Å². The number of benzene rings is 2. The van der Waals surface area contributed by atoms with Gasteiger partial charge in [0, 0.05) is 12.1 Å². The van der Waals surface area contributed by atoms with Crippen LogP contribution < -0.4 is 14.9 Å². The Hall–Kier alpha value is -2.84. The number of aliphatic hydroxyl groups excluding tert-OH is 1. The monoisotopic (exact) mass is 361 g/mol. The van der Waals surface area contributed by atoms with Crippen LogP contribution in [0, 0.1) is 0 Å². The number of rotatable bonds is 5. The van der Waals surface area contributed by atoms with Crippen molar-refractivity contribution in [3.05, 3.63) is 64.5 Å². The molecule has 8 heteroatoms. The van der Waals surface area contributed by atoms with E-state index in [0.717, 1.165) is 6.26 Å². The Morgan fingerprint density at radius 2 is 1.88 bits per heavy atom. The van der Waals surface area contributed by atoms with Crippen molar-refractivity contribution in [2.45, 2.75) is 6.61 Å². The predicted octanol–water partition coefficient (Wildman–Crippen LogP) is 2.45. The molecule has 1 heterocycles. The summed E-state index contributed by atoms with van der Waals surface area (Å²) in [5, 5.41) is 9.37. The molecule has 0 aliphatic heterocycles. The zero-order valence-electron chi connectivity index (χ0n) is 13.2. The number of hydrogen-bond acceptors (Lipinski definition) is 6. The average molecular weight is 361 g/mol. The lowest BCUT2D eigenvalue weighted by atomic mass is 10.2. The molecule has 0 bridgehead atoms. The number of anilines is 1. The lowest BCUT2D eigenvalue weighted by Crippen LogP contribution is -2.11. The van der Waals surface area contributed by atoms with Crippen molar-refractivity contribution < 1.29 is 22.7 Å². The minimum atomic E-state index is -3.59. The molecule has 3 rings (SSSR count). The highest BCUT2D eigenvalue weighted by atomic mass is 32.2. The molecule has 0 atom stereocenters. The standard InChI is InChI=1S/C17H15NO6S/c1-25(21,22)18-14-9-16-13(15(20)7-12(10-19)24-16)8-17(14)23-11-5-3-2-4-6-11/h2-9,18-19H,10H2,1H3. The first-order valence-corrected chi connectivity index (χ1v) is 9.17. The lowest BCUT2D eigenvalue weighted by Gasteiger charge is -2.13. The summed E-state index contributed by atoms with van der Waals surface area (Å²) in [6, 6.07) is 12.7. The van der Waals surface area contributed by atoms with Crippen LogP contribution in [0.3, 0.4) is 0 Å². The van der Waals surface area contributed by atoms with Crippen molar-refractivity contribution in [3.8, 4) is 11.5 Å². The van der Waals surface area contributed by atoms with Gasteiger partial charge in [0.2, 0.25) is 10.0 Å². The van der Waals surface area contributed by atoms with Crippen LogP contribution in [0.15, 0.2) is 57.7 Å². The second kappa shape index (κ2) is 6.58. The summed E-state index contributed by atoms with van der Waals surface area (Å²) < 4.78 is 36.7. The van der Waals surface area contributed by atoms with Crippen LogP contribution >= 0.6 is 0 Å². The first kappa shape index (κ1) is 17.0. The first-order chi connectivity index (χ1) is 11.9. The topological polar surface area (TPSA) is 106 Å². The molecule has 0 aliphatic carbocycles. The van der Waals surface area contributed by atoms with Gasteiger partial charge in [0.1, 0.15) is 23.7 Å². The predicted molar refractivity (Wildman–Crippen MR) is 93.4 cm³/mol. The minimum Gasteiger partial charge on any atom is -0.458 e. The highest BCUT2D eigenvalue weighted by Crippen LogP contribution is 2.33. The Morgan fingerprint density at radius 1 is 1.16 bits per heavy atom. The Morgan fingerprint density at radius 3 is 2.52 bits per heavy atom. The van der Waals surface area contributed by atoms with Crippen LogP contribution in [0.2, 0.25) is 0 Å². The quantitative estimate of drug-likeness (QED) is 0.723. The van der Waals surface area contributed by atoms with E-state index in [1.807, 2.05) is 6.07 Å². The molecule has 0 spiro atoms.